The number of para-hydroxylation sites is 1. The van der Waals surface area contributed by atoms with E-state index in [9.17, 15) is 9.59 Å². The van der Waals surface area contributed by atoms with E-state index in [1.165, 1.54) is 0 Å². The molecule has 3 N–H and O–H groups in total. The minimum absolute atomic E-state index is 0.110. The lowest BCUT2D eigenvalue weighted by molar-refractivity contribution is -0.118. The van der Waals surface area contributed by atoms with Crippen LogP contribution in [0.4, 0.5) is 5.69 Å². The summed E-state index contributed by atoms with van der Waals surface area (Å²) in [5, 5.41) is 14.2. The number of carbonyl (C=O) groups is 2. The van der Waals surface area contributed by atoms with Gasteiger partial charge in [-0.2, -0.15) is 0 Å². The Kier molecular flexibility index (Phi) is 7.37. The molecule has 6 nitrogen and oxygen atoms in total. The van der Waals surface area contributed by atoms with E-state index in [2.05, 4.69) is 24.5 Å². The molecule has 2 aromatic carbocycles. The van der Waals surface area contributed by atoms with Gasteiger partial charge in [0.05, 0.1) is 6.61 Å². The lowest BCUT2D eigenvalue weighted by atomic mass is 9.98. The first-order valence-corrected chi connectivity index (χ1v) is 8.93. The lowest BCUT2D eigenvalue weighted by Crippen LogP contribution is -2.26. The molecular formula is C21H26N2O4. The van der Waals surface area contributed by atoms with E-state index in [1.807, 2.05) is 25.1 Å². The number of hydrogen-bond donors (Lipinski definition) is 3. The monoisotopic (exact) mass is 370 g/mol. The maximum absolute atomic E-state index is 12.3. The molecule has 0 spiro atoms. The Hall–Kier alpha value is -2.86. The average Bonchev–Trinajstić information content (AvgIpc) is 2.66. The summed E-state index contributed by atoms with van der Waals surface area (Å²) in [5.74, 6) is 0.286. The van der Waals surface area contributed by atoms with Crippen LogP contribution in [0.25, 0.3) is 0 Å². The number of benzene rings is 2. The summed E-state index contributed by atoms with van der Waals surface area (Å²) in [7, 11) is 0. The van der Waals surface area contributed by atoms with Crippen molar-refractivity contribution in [2.24, 2.45) is 0 Å². The molecule has 0 aliphatic heterocycles. The molecule has 0 bridgehead atoms. The number of aryl methyl sites for hydroxylation is 1. The van der Waals surface area contributed by atoms with Crippen LogP contribution in [0.2, 0.25) is 0 Å². The zero-order valence-electron chi connectivity index (χ0n) is 15.9. The van der Waals surface area contributed by atoms with Gasteiger partial charge < -0.3 is 20.5 Å². The van der Waals surface area contributed by atoms with E-state index >= 15 is 0 Å². The molecular weight excluding hydrogens is 344 g/mol. The highest BCUT2D eigenvalue weighted by Crippen LogP contribution is 2.27. The molecule has 0 fully saturated rings. The summed E-state index contributed by atoms with van der Waals surface area (Å²) in [4.78, 5) is 24.1. The molecule has 0 saturated carbocycles. The number of rotatable bonds is 8. The summed E-state index contributed by atoms with van der Waals surface area (Å²) in [6.45, 7) is 6.10. The van der Waals surface area contributed by atoms with Gasteiger partial charge in [0, 0.05) is 17.8 Å². The van der Waals surface area contributed by atoms with Crippen LogP contribution in [0.3, 0.4) is 0 Å². The van der Waals surface area contributed by atoms with Crippen LogP contribution < -0.4 is 15.4 Å². The van der Waals surface area contributed by atoms with Gasteiger partial charge in [-0.3, -0.25) is 9.59 Å². The fourth-order valence-electron chi connectivity index (χ4n) is 2.64. The van der Waals surface area contributed by atoms with Gasteiger partial charge >= 0.3 is 0 Å². The second kappa shape index (κ2) is 9.73. The Morgan fingerprint density at radius 2 is 1.81 bits per heavy atom. The Balaban J connectivity index is 1.94. The Bertz CT molecular complexity index is 785. The van der Waals surface area contributed by atoms with Crippen molar-refractivity contribution in [2.45, 2.75) is 26.7 Å². The predicted octanol–water partition coefficient (Wildman–Crippen LogP) is 2.86. The quantitative estimate of drug-likeness (QED) is 0.667. The molecule has 2 amide bonds. The molecule has 2 rings (SSSR count). The topological polar surface area (TPSA) is 87.7 Å². The standard InChI is InChI=1S/C21H26N2O4/c1-14(2)18-6-4-5-15(3)20(18)23-19(25)13-27-17-9-7-16(8-10-17)21(26)22-11-12-24/h4-10,14,24H,11-13H2,1-3H3,(H,22,26)(H,23,25). The molecule has 0 aliphatic rings. The number of ether oxygens (including phenoxy) is 1. The molecule has 0 radical (unpaired) electrons. The minimum Gasteiger partial charge on any atom is -0.484 e. The normalized spacial score (nSPS) is 10.6. The Labute approximate surface area is 159 Å². The van der Waals surface area contributed by atoms with Crippen molar-refractivity contribution in [1.29, 1.82) is 0 Å². The van der Waals surface area contributed by atoms with Crippen LogP contribution in [-0.2, 0) is 4.79 Å². The van der Waals surface area contributed by atoms with Crippen LogP contribution >= 0.6 is 0 Å². The van der Waals surface area contributed by atoms with Crippen molar-refractivity contribution in [3.8, 4) is 5.75 Å². The van der Waals surface area contributed by atoms with E-state index in [0.29, 0.717) is 17.2 Å². The van der Waals surface area contributed by atoms with Gasteiger partial charge in [-0.25, -0.2) is 0 Å². The summed E-state index contributed by atoms with van der Waals surface area (Å²) in [6.07, 6.45) is 0. The van der Waals surface area contributed by atoms with Gasteiger partial charge in [0.1, 0.15) is 5.75 Å². The highest BCUT2D eigenvalue weighted by atomic mass is 16.5. The number of amides is 2. The third-order valence-corrected chi connectivity index (χ3v) is 4.08. The highest BCUT2D eigenvalue weighted by Gasteiger charge is 2.12. The molecule has 0 heterocycles. The maximum atomic E-state index is 12.3. The second-order valence-corrected chi connectivity index (χ2v) is 6.53. The van der Waals surface area contributed by atoms with Gasteiger partial charge in [0.2, 0.25) is 0 Å². The molecule has 6 heteroatoms. The van der Waals surface area contributed by atoms with Gasteiger partial charge in [0.25, 0.3) is 11.8 Å². The van der Waals surface area contributed by atoms with E-state index in [0.717, 1.165) is 16.8 Å². The predicted molar refractivity (Wildman–Crippen MR) is 105 cm³/mol. The molecule has 2 aromatic rings. The molecule has 0 aliphatic carbocycles. The molecule has 0 atom stereocenters. The smallest absolute Gasteiger partial charge is 0.262 e. The molecule has 0 saturated heterocycles. The number of aliphatic hydroxyl groups is 1. The third-order valence-electron chi connectivity index (χ3n) is 4.08. The number of carbonyl (C=O) groups excluding carboxylic acids is 2. The van der Waals surface area contributed by atoms with Crippen molar-refractivity contribution in [2.75, 3.05) is 25.1 Å². The third kappa shape index (κ3) is 5.82. The summed E-state index contributed by atoms with van der Waals surface area (Å²) < 4.78 is 5.51. The fraction of sp³-hybridized carbons (Fsp3) is 0.333. The average molecular weight is 370 g/mol. The zero-order chi connectivity index (χ0) is 19.8. The number of hydrogen-bond acceptors (Lipinski definition) is 4. The molecule has 144 valence electrons. The van der Waals surface area contributed by atoms with E-state index in [-0.39, 0.29) is 31.6 Å². The SMILES string of the molecule is Cc1cccc(C(C)C)c1NC(=O)COc1ccc(C(=O)NCCO)cc1. The van der Waals surface area contributed by atoms with Gasteiger partial charge in [0.15, 0.2) is 6.61 Å². The van der Waals surface area contributed by atoms with Gasteiger partial charge in [-0.1, -0.05) is 32.0 Å². The van der Waals surface area contributed by atoms with Crippen molar-refractivity contribution in [1.82, 2.24) is 5.32 Å². The fourth-order valence-corrected chi connectivity index (χ4v) is 2.64. The largest absolute Gasteiger partial charge is 0.484 e. The van der Waals surface area contributed by atoms with Crippen LogP contribution in [0.15, 0.2) is 42.5 Å². The summed E-state index contributed by atoms with van der Waals surface area (Å²) >= 11 is 0. The summed E-state index contributed by atoms with van der Waals surface area (Å²) in [6, 6.07) is 12.4. The van der Waals surface area contributed by atoms with Gasteiger partial charge in [-0.05, 0) is 48.2 Å². The lowest BCUT2D eigenvalue weighted by Gasteiger charge is -2.16. The Morgan fingerprint density at radius 1 is 1.11 bits per heavy atom. The molecule has 0 aromatic heterocycles. The zero-order valence-corrected chi connectivity index (χ0v) is 15.9. The van der Waals surface area contributed by atoms with E-state index < -0.39 is 0 Å². The van der Waals surface area contributed by atoms with Crippen molar-refractivity contribution in [3.05, 3.63) is 59.2 Å². The number of nitrogens with one attached hydrogen (secondary N) is 2. The first kappa shape index (κ1) is 20.5. The molecule has 0 unspecified atom stereocenters. The number of aliphatic hydroxyl groups excluding tert-OH is 1. The minimum atomic E-state index is -0.269. The molecule has 27 heavy (non-hydrogen) atoms. The van der Waals surface area contributed by atoms with Crippen LogP contribution in [0.5, 0.6) is 5.75 Å². The van der Waals surface area contributed by atoms with E-state index in [1.54, 1.807) is 24.3 Å². The highest BCUT2D eigenvalue weighted by molar-refractivity contribution is 5.94. The maximum Gasteiger partial charge on any atom is 0.262 e. The second-order valence-electron chi connectivity index (χ2n) is 6.53. The van der Waals surface area contributed by atoms with Crippen LogP contribution in [0.1, 0.15) is 41.3 Å². The van der Waals surface area contributed by atoms with Crippen LogP contribution in [-0.4, -0.2) is 36.7 Å². The Morgan fingerprint density at radius 3 is 2.44 bits per heavy atom. The van der Waals surface area contributed by atoms with Crippen molar-refractivity contribution < 1.29 is 19.4 Å². The first-order valence-electron chi connectivity index (χ1n) is 8.93. The summed E-state index contributed by atoms with van der Waals surface area (Å²) in [5.41, 5.74) is 3.38. The first-order chi connectivity index (χ1) is 12.9. The van der Waals surface area contributed by atoms with Crippen LogP contribution in [0, 0.1) is 6.92 Å². The number of anilines is 1. The van der Waals surface area contributed by atoms with Crippen molar-refractivity contribution >= 4 is 17.5 Å². The van der Waals surface area contributed by atoms with E-state index in [4.69, 9.17) is 9.84 Å². The van der Waals surface area contributed by atoms with Gasteiger partial charge in [-0.15, -0.1) is 0 Å². The van der Waals surface area contributed by atoms with Crippen molar-refractivity contribution in [3.63, 3.8) is 0 Å².